The van der Waals surface area contributed by atoms with Gasteiger partial charge in [0.1, 0.15) is 0 Å². The molecule has 0 atom stereocenters. The summed E-state index contributed by atoms with van der Waals surface area (Å²) >= 11 is 0. The van der Waals surface area contributed by atoms with Crippen molar-refractivity contribution >= 4 is 5.91 Å². The van der Waals surface area contributed by atoms with Gasteiger partial charge in [-0.2, -0.15) is 0 Å². The number of carbonyl (C=O) groups is 1. The maximum atomic E-state index is 11.1. The first kappa shape index (κ1) is 8.49. The Morgan fingerprint density at radius 2 is 2.55 bits per heavy atom. The average Bonchev–Trinajstić information content (AvgIpc) is 2.52. The molecule has 1 heterocycles. The van der Waals surface area contributed by atoms with E-state index in [1.54, 1.807) is 0 Å². The molecular weight excluding hydrogens is 144 g/mol. The second-order valence-corrected chi connectivity index (χ2v) is 2.46. The molecule has 1 aliphatic heterocycles. The number of likely N-dealkylation sites (N-methyl/N-ethyl adjacent to an activating group) is 1. The van der Waals surface area contributed by atoms with Crippen LogP contribution in [0.2, 0.25) is 0 Å². The molecule has 1 N–H and O–H groups in total. The minimum absolute atomic E-state index is 0.0318. The number of carbonyl (C=O) groups excluding carboxylic acids is 1. The minimum Gasteiger partial charge on any atom is -0.309 e. The van der Waals surface area contributed by atoms with E-state index in [0.29, 0.717) is 13.2 Å². The van der Waals surface area contributed by atoms with E-state index < -0.39 is 0 Å². The van der Waals surface area contributed by atoms with Crippen LogP contribution in [0.1, 0.15) is 13.3 Å². The fourth-order valence-electron chi connectivity index (χ4n) is 0.964. The van der Waals surface area contributed by atoms with Gasteiger partial charge in [-0.1, -0.05) is 6.92 Å². The number of hydroxylamine groups is 2. The van der Waals surface area contributed by atoms with Gasteiger partial charge in [0.2, 0.25) is 0 Å². The quantitative estimate of drug-likeness (QED) is 0.616. The highest BCUT2D eigenvalue weighted by Crippen LogP contribution is 2.03. The van der Waals surface area contributed by atoms with Crippen LogP contribution in [0.5, 0.6) is 0 Å². The summed E-state index contributed by atoms with van der Waals surface area (Å²) in [7, 11) is 0. The monoisotopic (exact) mass is 158 g/mol. The number of hydrogen-bond donors (Lipinski definition) is 1. The Hall–Kier alpha value is -0.610. The third-order valence-electron chi connectivity index (χ3n) is 1.56. The lowest BCUT2D eigenvalue weighted by molar-refractivity contribution is -0.167. The predicted octanol–water partition coefficient (Wildman–Crippen LogP) is -0.240. The van der Waals surface area contributed by atoms with Gasteiger partial charge in [-0.05, 0) is 13.0 Å². The summed E-state index contributed by atoms with van der Waals surface area (Å²) in [5, 5.41) is 4.39. The Morgan fingerprint density at radius 1 is 1.73 bits per heavy atom. The second-order valence-electron chi connectivity index (χ2n) is 2.46. The van der Waals surface area contributed by atoms with E-state index in [-0.39, 0.29) is 5.91 Å². The molecule has 0 aromatic carbocycles. The van der Waals surface area contributed by atoms with Crippen LogP contribution in [0.15, 0.2) is 0 Å². The van der Waals surface area contributed by atoms with Gasteiger partial charge in [-0.3, -0.25) is 9.63 Å². The van der Waals surface area contributed by atoms with E-state index in [0.717, 1.165) is 19.5 Å². The lowest BCUT2D eigenvalue weighted by Crippen LogP contribution is -2.35. The standard InChI is InChI=1S/C7H14N2O2/c1-2-8-6-7(10)9-4-3-5-11-9/h8H,2-6H2,1H3. The summed E-state index contributed by atoms with van der Waals surface area (Å²) in [5.74, 6) is 0.0318. The topological polar surface area (TPSA) is 41.6 Å². The normalized spacial score (nSPS) is 17.4. The number of nitrogens with one attached hydrogen (secondary N) is 1. The Labute approximate surface area is 66.5 Å². The molecule has 0 aromatic rings. The van der Waals surface area contributed by atoms with Crippen LogP contribution in [0.4, 0.5) is 0 Å². The van der Waals surface area contributed by atoms with Gasteiger partial charge in [-0.25, -0.2) is 5.06 Å². The lowest BCUT2D eigenvalue weighted by atomic mass is 10.4. The smallest absolute Gasteiger partial charge is 0.260 e. The van der Waals surface area contributed by atoms with Crippen LogP contribution in [0.25, 0.3) is 0 Å². The zero-order valence-corrected chi connectivity index (χ0v) is 6.80. The molecule has 64 valence electrons. The van der Waals surface area contributed by atoms with Gasteiger partial charge in [0.25, 0.3) is 5.91 Å². The van der Waals surface area contributed by atoms with E-state index in [1.807, 2.05) is 6.92 Å². The molecule has 0 bridgehead atoms. The fraction of sp³-hybridized carbons (Fsp3) is 0.857. The Morgan fingerprint density at radius 3 is 3.09 bits per heavy atom. The molecule has 0 aliphatic carbocycles. The predicted molar refractivity (Wildman–Crippen MR) is 40.8 cm³/mol. The molecule has 0 saturated carbocycles. The summed E-state index contributed by atoms with van der Waals surface area (Å²) in [6.07, 6.45) is 0.956. The van der Waals surface area contributed by atoms with Crippen LogP contribution in [0.3, 0.4) is 0 Å². The summed E-state index contributed by atoms with van der Waals surface area (Å²) in [5.41, 5.74) is 0. The molecular formula is C7H14N2O2. The first-order chi connectivity index (χ1) is 5.34. The van der Waals surface area contributed by atoms with Crippen molar-refractivity contribution in [3.63, 3.8) is 0 Å². The number of amides is 1. The van der Waals surface area contributed by atoms with Crippen molar-refractivity contribution in [2.24, 2.45) is 0 Å². The fourth-order valence-corrected chi connectivity index (χ4v) is 0.964. The van der Waals surface area contributed by atoms with Crippen molar-refractivity contribution in [3.05, 3.63) is 0 Å². The lowest BCUT2D eigenvalue weighted by Gasteiger charge is -2.13. The minimum atomic E-state index is 0.0318. The molecule has 1 saturated heterocycles. The van der Waals surface area contributed by atoms with E-state index in [9.17, 15) is 4.79 Å². The Balaban J connectivity index is 2.17. The van der Waals surface area contributed by atoms with Gasteiger partial charge in [0.15, 0.2) is 0 Å². The van der Waals surface area contributed by atoms with Crippen LogP contribution in [-0.4, -0.2) is 37.2 Å². The molecule has 0 spiro atoms. The maximum Gasteiger partial charge on any atom is 0.260 e. The molecule has 1 amide bonds. The zero-order valence-electron chi connectivity index (χ0n) is 6.80. The molecule has 1 rings (SSSR count). The van der Waals surface area contributed by atoms with Gasteiger partial charge in [-0.15, -0.1) is 0 Å². The molecule has 0 unspecified atom stereocenters. The van der Waals surface area contributed by atoms with E-state index >= 15 is 0 Å². The van der Waals surface area contributed by atoms with Crippen molar-refractivity contribution in [3.8, 4) is 0 Å². The molecule has 4 heteroatoms. The van der Waals surface area contributed by atoms with Crippen molar-refractivity contribution in [1.29, 1.82) is 0 Å². The van der Waals surface area contributed by atoms with E-state index in [2.05, 4.69) is 5.32 Å². The summed E-state index contributed by atoms with van der Waals surface area (Å²) in [4.78, 5) is 16.2. The summed E-state index contributed by atoms with van der Waals surface area (Å²) in [6.45, 7) is 4.59. The van der Waals surface area contributed by atoms with E-state index in [4.69, 9.17) is 4.84 Å². The molecule has 0 radical (unpaired) electrons. The number of hydrogen-bond acceptors (Lipinski definition) is 3. The Kier molecular flexibility index (Phi) is 3.32. The Bertz CT molecular complexity index is 132. The van der Waals surface area contributed by atoms with Crippen molar-refractivity contribution in [2.45, 2.75) is 13.3 Å². The average molecular weight is 158 g/mol. The van der Waals surface area contributed by atoms with Gasteiger partial charge in [0, 0.05) is 0 Å². The highest BCUT2D eigenvalue weighted by Gasteiger charge is 2.17. The van der Waals surface area contributed by atoms with Gasteiger partial charge < -0.3 is 5.32 Å². The molecule has 0 aromatic heterocycles. The number of rotatable bonds is 3. The first-order valence-corrected chi connectivity index (χ1v) is 3.98. The molecule has 11 heavy (non-hydrogen) atoms. The summed E-state index contributed by atoms with van der Waals surface area (Å²) < 4.78 is 0. The van der Waals surface area contributed by atoms with Crippen molar-refractivity contribution in [2.75, 3.05) is 26.2 Å². The van der Waals surface area contributed by atoms with Crippen LogP contribution in [-0.2, 0) is 9.63 Å². The van der Waals surface area contributed by atoms with Crippen LogP contribution < -0.4 is 5.32 Å². The molecule has 1 fully saturated rings. The van der Waals surface area contributed by atoms with Crippen LogP contribution >= 0.6 is 0 Å². The largest absolute Gasteiger partial charge is 0.309 e. The summed E-state index contributed by atoms with van der Waals surface area (Å²) in [6, 6.07) is 0. The first-order valence-electron chi connectivity index (χ1n) is 3.98. The van der Waals surface area contributed by atoms with Crippen LogP contribution in [0, 0.1) is 0 Å². The second kappa shape index (κ2) is 4.31. The van der Waals surface area contributed by atoms with E-state index in [1.165, 1.54) is 5.06 Å². The van der Waals surface area contributed by atoms with Crippen molar-refractivity contribution in [1.82, 2.24) is 10.4 Å². The van der Waals surface area contributed by atoms with Gasteiger partial charge >= 0.3 is 0 Å². The zero-order chi connectivity index (χ0) is 8.10. The third-order valence-corrected chi connectivity index (χ3v) is 1.56. The highest BCUT2D eigenvalue weighted by molar-refractivity contribution is 5.77. The molecule has 4 nitrogen and oxygen atoms in total. The van der Waals surface area contributed by atoms with Gasteiger partial charge in [0.05, 0.1) is 19.7 Å². The maximum absolute atomic E-state index is 11.1. The van der Waals surface area contributed by atoms with Crippen molar-refractivity contribution < 1.29 is 9.63 Å². The third kappa shape index (κ3) is 2.48. The highest BCUT2D eigenvalue weighted by atomic mass is 16.7. The number of nitrogens with zero attached hydrogens (tertiary/aromatic N) is 1. The molecule has 1 aliphatic rings. The SMILES string of the molecule is CCNCC(=O)N1CCCO1.